The maximum Gasteiger partial charge on any atom is 0.381 e. The highest BCUT2D eigenvalue weighted by Gasteiger charge is 2.02. The van der Waals surface area contributed by atoms with Crippen LogP contribution in [0.5, 0.6) is 0 Å². The van der Waals surface area contributed by atoms with Crippen LogP contribution in [0.25, 0.3) is 0 Å². The number of aromatic nitrogens is 2. The zero-order valence-corrected chi connectivity index (χ0v) is 3.79. The third-order valence-electron chi connectivity index (χ3n) is 0.623. The van der Waals surface area contributed by atoms with Crippen molar-refractivity contribution in [1.82, 2.24) is 9.97 Å². The first-order valence-corrected chi connectivity index (χ1v) is 1.86. The molecule has 0 aliphatic carbocycles. The van der Waals surface area contributed by atoms with Crippen molar-refractivity contribution in [3.05, 3.63) is 22.6 Å². The van der Waals surface area contributed by atoms with Crippen LogP contribution in [0, 0.1) is 10.1 Å². The summed E-state index contributed by atoms with van der Waals surface area (Å²) in [6, 6.07) is 0. The third-order valence-corrected chi connectivity index (χ3v) is 0.623. The highest BCUT2D eigenvalue weighted by atomic mass is 16.6. The lowest BCUT2D eigenvalue weighted by Gasteiger charge is -1.80. The monoisotopic (exact) mass is 114 g/mol. The second-order valence-corrected chi connectivity index (χ2v) is 1.13. The summed E-state index contributed by atoms with van der Waals surface area (Å²) in [5.74, 6) is -0.319. The van der Waals surface area contributed by atoms with E-state index in [-0.39, 0.29) is 12.1 Å². The van der Waals surface area contributed by atoms with E-state index < -0.39 is 4.92 Å². The van der Waals surface area contributed by atoms with Crippen molar-refractivity contribution in [2.75, 3.05) is 0 Å². The Labute approximate surface area is 45.9 Å². The summed E-state index contributed by atoms with van der Waals surface area (Å²) in [6.07, 6.45) is 0.879. The van der Waals surface area contributed by atoms with Gasteiger partial charge in [-0.2, -0.15) is 0 Å². The van der Waals surface area contributed by atoms with Gasteiger partial charge in [-0.15, -0.1) is 0 Å². The minimum Gasteiger partial charge on any atom is -0.358 e. The lowest BCUT2D eigenvalue weighted by molar-refractivity contribution is -0.389. The molecule has 0 aliphatic heterocycles. The molecule has 1 aromatic rings. The molecule has 0 aliphatic rings. The quantitative estimate of drug-likeness (QED) is 0.422. The zero-order valence-electron chi connectivity index (χ0n) is 4.79. The zero-order chi connectivity index (χ0) is 6.85. The summed E-state index contributed by atoms with van der Waals surface area (Å²) in [6.45, 7) is 0. The molecule has 42 valence electrons. The van der Waals surface area contributed by atoms with Gasteiger partial charge in [0.1, 0.15) is 7.57 Å². The van der Waals surface area contributed by atoms with Gasteiger partial charge in [-0.3, -0.25) is 0 Å². The van der Waals surface area contributed by atoms with E-state index in [1.807, 2.05) is 0 Å². The number of nitrogens with zero attached hydrogens (tertiary/aromatic N) is 2. The molecule has 1 aromatic heterocycles. The van der Waals surface area contributed by atoms with Crippen LogP contribution < -0.4 is 0 Å². The van der Waals surface area contributed by atoms with Crippen LogP contribution in [0.2, 0.25) is 0 Å². The highest BCUT2D eigenvalue weighted by Crippen LogP contribution is 1.99. The Morgan fingerprint density at radius 1 is 2.12 bits per heavy atom. The molecule has 1 heterocycles. The summed E-state index contributed by atoms with van der Waals surface area (Å²) in [7, 11) is 0. The molecule has 5 nitrogen and oxygen atoms in total. The SMILES string of the molecule is [2H]c1nc([N+](=O)[O-])c[nH]1. The molecule has 0 fully saturated rings. The van der Waals surface area contributed by atoms with Crippen molar-refractivity contribution >= 4 is 5.82 Å². The van der Waals surface area contributed by atoms with Crippen LogP contribution in [0.3, 0.4) is 0 Å². The minimum absolute atomic E-state index is 0.193. The molecule has 0 amide bonds. The fourth-order valence-corrected chi connectivity index (χ4v) is 0.312. The number of nitrogens with one attached hydrogen (secondary N) is 1. The van der Waals surface area contributed by atoms with E-state index >= 15 is 0 Å². The summed E-state index contributed by atoms with van der Waals surface area (Å²) >= 11 is 0. The fraction of sp³-hybridized carbons (Fsp3) is 0. The number of rotatable bonds is 1. The molecular weight excluding hydrogens is 110 g/mol. The Kier molecular flexibility index (Phi) is 0.722. The average molecular weight is 114 g/mol. The standard InChI is InChI=1S/C3H3N3O2/c7-6(8)3-1-4-2-5-3/h1-2H,(H,4,5)/i2D. The first-order valence-electron chi connectivity index (χ1n) is 2.36. The first-order chi connectivity index (χ1) is 4.20. The van der Waals surface area contributed by atoms with Gasteiger partial charge in [0.25, 0.3) is 0 Å². The predicted molar refractivity (Wildman–Crippen MR) is 25.2 cm³/mol. The van der Waals surface area contributed by atoms with E-state index in [0.717, 1.165) is 6.20 Å². The van der Waals surface area contributed by atoms with Crippen LogP contribution in [0.1, 0.15) is 1.37 Å². The topological polar surface area (TPSA) is 71.8 Å². The summed E-state index contributed by atoms with van der Waals surface area (Å²) in [4.78, 5) is 14.7. The van der Waals surface area contributed by atoms with Crippen LogP contribution in [0.4, 0.5) is 5.82 Å². The third kappa shape index (κ3) is 0.651. The Bertz CT molecular complexity index is 233. The number of hydrogen-bond donors (Lipinski definition) is 1. The van der Waals surface area contributed by atoms with E-state index in [1.165, 1.54) is 0 Å². The van der Waals surface area contributed by atoms with Gasteiger partial charge in [-0.05, 0) is 9.91 Å². The summed E-state index contributed by atoms with van der Waals surface area (Å²) in [5, 5.41) is 9.85. The Balaban J connectivity index is 2.98. The largest absolute Gasteiger partial charge is 0.381 e. The Morgan fingerprint density at radius 3 is 3.12 bits per heavy atom. The van der Waals surface area contributed by atoms with E-state index in [2.05, 4.69) is 9.97 Å². The molecule has 0 unspecified atom stereocenters. The smallest absolute Gasteiger partial charge is 0.358 e. The van der Waals surface area contributed by atoms with Gasteiger partial charge in [0.2, 0.25) is 6.30 Å². The van der Waals surface area contributed by atoms with Gasteiger partial charge in [0.15, 0.2) is 0 Å². The molecule has 0 radical (unpaired) electrons. The predicted octanol–water partition coefficient (Wildman–Crippen LogP) is 0.318. The van der Waals surface area contributed by atoms with Crippen LogP contribution in [-0.2, 0) is 0 Å². The van der Waals surface area contributed by atoms with Crippen molar-refractivity contribution in [3.63, 3.8) is 0 Å². The number of imidazole rings is 1. The molecule has 1 N–H and O–H groups in total. The van der Waals surface area contributed by atoms with Gasteiger partial charge >= 0.3 is 5.82 Å². The van der Waals surface area contributed by atoms with Crippen molar-refractivity contribution in [3.8, 4) is 0 Å². The number of H-pyrrole nitrogens is 1. The molecule has 8 heavy (non-hydrogen) atoms. The lowest BCUT2D eigenvalue weighted by Crippen LogP contribution is -1.85. The number of aromatic amines is 1. The lowest BCUT2D eigenvalue weighted by atomic mass is 10.8. The summed E-state index contributed by atoms with van der Waals surface area (Å²) < 4.78 is 6.74. The van der Waals surface area contributed by atoms with E-state index in [9.17, 15) is 10.1 Å². The van der Waals surface area contributed by atoms with Crippen LogP contribution in [0.15, 0.2) is 12.5 Å². The Hall–Kier alpha value is -1.39. The van der Waals surface area contributed by atoms with Crippen molar-refractivity contribution in [2.24, 2.45) is 0 Å². The van der Waals surface area contributed by atoms with Gasteiger partial charge < -0.3 is 15.1 Å². The van der Waals surface area contributed by atoms with Crippen molar-refractivity contribution in [2.45, 2.75) is 0 Å². The van der Waals surface area contributed by atoms with E-state index in [4.69, 9.17) is 1.37 Å². The second kappa shape index (κ2) is 1.61. The normalized spacial score (nSPS) is 10.8. The molecular formula is C3H3N3O2. The maximum absolute atomic E-state index is 9.85. The van der Waals surface area contributed by atoms with Gasteiger partial charge in [-0.1, -0.05) is 0 Å². The maximum atomic E-state index is 9.85. The molecule has 0 saturated heterocycles. The summed E-state index contributed by atoms with van der Waals surface area (Å²) in [5.41, 5.74) is 0. The van der Waals surface area contributed by atoms with Gasteiger partial charge in [0, 0.05) is 0 Å². The molecule has 0 spiro atoms. The fourth-order valence-electron chi connectivity index (χ4n) is 0.312. The highest BCUT2D eigenvalue weighted by molar-refractivity contribution is 5.09. The van der Waals surface area contributed by atoms with Gasteiger partial charge in [0.05, 0.1) is 0 Å². The Morgan fingerprint density at radius 2 is 2.88 bits per heavy atom. The van der Waals surface area contributed by atoms with Crippen molar-refractivity contribution < 1.29 is 6.29 Å². The minimum atomic E-state index is -0.658. The molecule has 1 rings (SSSR count). The first kappa shape index (κ1) is 3.59. The molecule has 5 heteroatoms. The van der Waals surface area contributed by atoms with E-state index in [1.54, 1.807) is 0 Å². The number of nitro groups is 1. The molecule has 0 aromatic carbocycles. The molecule has 0 atom stereocenters. The number of hydrogen-bond acceptors (Lipinski definition) is 3. The second-order valence-electron chi connectivity index (χ2n) is 1.13. The average Bonchev–Trinajstić information content (AvgIpc) is 2.14. The van der Waals surface area contributed by atoms with Crippen LogP contribution >= 0.6 is 0 Å². The molecule has 0 saturated carbocycles. The van der Waals surface area contributed by atoms with E-state index in [0.29, 0.717) is 0 Å². The molecule has 0 bridgehead atoms. The van der Waals surface area contributed by atoms with Gasteiger partial charge in [-0.25, -0.2) is 0 Å². The van der Waals surface area contributed by atoms with Crippen molar-refractivity contribution in [1.29, 1.82) is 0 Å². The van der Waals surface area contributed by atoms with Crippen LogP contribution in [-0.4, -0.2) is 14.9 Å².